The fourth-order valence-corrected chi connectivity index (χ4v) is 2.68. The molecule has 1 aromatic rings. The zero-order chi connectivity index (χ0) is 15.2. The number of unbranched alkanes of at least 4 members (excludes halogenated alkanes) is 1. The summed E-state index contributed by atoms with van der Waals surface area (Å²) in [5.74, 6) is 0.641. The molecule has 0 aliphatic heterocycles. The highest BCUT2D eigenvalue weighted by Crippen LogP contribution is 2.35. The SMILES string of the molecule is CCCCNC(=O)C(C)Oc1cccc2c1CCCC2O. The third-order valence-electron chi connectivity index (χ3n) is 3.94. The summed E-state index contributed by atoms with van der Waals surface area (Å²) in [6, 6.07) is 5.70. The molecule has 1 aliphatic rings. The third kappa shape index (κ3) is 3.97. The minimum Gasteiger partial charge on any atom is -0.481 e. The molecule has 1 amide bonds. The van der Waals surface area contributed by atoms with Crippen LogP contribution in [0.3, 0.4) is 0 Å². The van der Waals surface area contributed by atoms with Crippen LogP contribution in [0.4, 0.5) is 0 Å². The molecule has 21 heavy (non-hydrogen) atoms. The molecule has 0 radical (unpaired) electrons. The highest BCUT2D eigenvalue weighted by molar-refractivity contribution is 5.80. The summed E-state index contributed by atoms with van der Waals surface area (Å²) in [4.78, 5) is 12.0. The first-order valence-electron chi connectivity index (χ1n) is 7.87. The van der Waals surface area contributed by atoms with Crippen molar-refractivity contribution >= 4 is 5.91 Å². The molecule has 0 aromatic heterocycles. The number of fused-ring (bicyclic) bond motifs is 1. The molecule has 4 heteroatoms. The molecule has 2 atom stereocenters. The van der Waals surface area contributed by atoms with Crippen molar-refractivity contribution in [2.24, 2.45) is 0 Å². The Morgan fingerprint density at radius 1 is 1.52 bits per heavy atom. The van der Waals surface area contributed by atoms with Crippen LogP contribution in [0.2, 0.25) is 0 Å². The van der Waals surface area contributed by atoms with Crippen molar-refractivity contribution in [3.8, 4) is 5.75 Å². The molecular weight excluding hydrogens is 266 g/mol. The Bertz CT molecular complexity index is 487. The first kappa shape index (κ1) is 15.8. The van der Waals surface area contributed by atoms with E-state index in [0.717, 1.165) is 49.0 Å². The largest absolute Gasteiger partial charge is 0.481 e. The highest BCUT2D eigenvalue weighted by Gasteiger charge is 2.23. The number of aliphatic hydroxyl groups excluding tert-OH is 1. The predicted molar refractivity (Wildman–Crippen MR) is 82.3 cm³/mol. The Kier molecular flexibility index (Phi) is 5.62. The zero-order valence-corrected chi connectivity index (χ0v) is 12.9. The number of hydrogen-bond donors (Lipinski definition) is 2. The number of ether oxygens (including phenoxy) is 1. The first-order chi connectivity index (χ1) is 10.1. The van der Waals surface area contributed by atoms with Crippen LogP contribution in [-0.4, -0.2) is 23.7 Å². The predicted octanol–water partition coefficient (Wildman–Crippen LogP) is 2.74. The van der Waals surface area contributed by atoms with Crippen molar-refractivity contribution in [3.05, 3.63) is 29.3 Å². The number of amides is 1. The second kappa shape index (κ2) is 7.46. The third-order valence-corrected chi connectivity index (χ3v) is 3.94. The molecule has 0 fully saturated rings. The summed E-state index contributed by atoms with van der Waals surface area (Å²) in [5.41, 5.74) is 1.99. The van der Waals surface area contributed by atoms with Gasteiger partial charge in [-0.2, -0.15) is 0 Å². The van der Waals surface area contributed by atoms with Crippen LogP contribution in [0.1, 0.15) is 56.8 Å². The second-order valence-electron chi connectivity index (χ2n) is 5.64. The summed E-state index contributed by atoms with van der Waals surface area (Å²) in [6.45, 7) is 4.54. The van der Waals surface area contributed by atoms with Gasteiger partial charge in [-0.3, -0.25) is 4.79 Å². The standard InChI is InChI=1S/C17H25NO3/c1-3-4-11-18-17(20)12(2)21-16-10-6-7-13-14(16)8-5-9-15(13)19/h6-7,10,12,15,19H,3-5,8-9,11H2,1-2H3,(H,18,20). The number of benzene rings is 1. The highest BCUT2D eigenvalue weighted by atomic mass is 16.5. The number of carbonyl (C=O) groups is 1. The summed E-state index contributed by atoms with van der Waals surface area (Å²) in [5, 5.41) is 12.9. The van der Waals surface area contributed by atoms with Gasteiger partial charge in [-0.15, -0.1) is 0 Å². The first-order valence-corrected chi connectivity index (χ1v) is 7.87. The van der Waals surface area contributed by atoms with Crippen LogP contribution in [0.25, 0.3) is 0 Å². The summed E-state index contributed by atoms with van der Waals surface area (Å²) >= 11 is 0. The molecule has 2 unspecified atom stereocenters. The van der Waals surface area contributed by atoms with Crippen molar-refractivity contribution in [2.75, 3.05) is 6.54 Å². The van der Waals surface area contributed by atoms with Gasteiger partial charge in [0.1, 0.15) is 5.75 Å². The van der Waals surface area contributed by atoms with E-state index in [1.54, 1.807) is 6.92 Å². The smallest absolute Gasteiger partial charge is 0.260 e. The van der Waals surface area contributed by atoms with Crippen molar-refractivity contribution in [1.29, 1.82) is 0 Å². The molecule has 0 spiro atoms. The number of carbonyl (C=O) groups excluding carboxylic acids is 1. The normalized spacial score (nSPS) is 18.7. The maximum Gasteiger partial charge on any atom is 0.260 e. The Morgan fingerprint density at radius 2 is 2.33 bits per heavy atom. The molecule has 1 aliphatic carbocycles. The van der Waals surface area contributed by atoms with Gasteiger partial charge in [0.05, 0.1) is 6.10 Å². The van der Waals surface area contributed by atoms with Crippen molar-refractivity contribution < 1.29 is 14.6 Å². The maximum atomic E-state index is 12.0. The quantitative estimate of drug-likeness (QED) is 0.792. The molecule has 116 valence electrons. The van der Waals surface area contributed by atoms with E-state index in [4.69, 9.17) is 4.74 Å². The van der Waals surface area contributed by atoms with Crippen LogP contribution in [0.5, 0.6) is 5.75 Å². The molecule has 0 bridgehead atoms. The van der Waals surface area contributed by atoms with E-state index in [-0.39, 0.29) is 5.91 Å². The minimum atomic E-state index is -0.521. The lowest BCUT2D eigenvalue weighted by Gasteiger charge is -2.25. The van der Waals surface area contributed by atoms with Gasteiger partial charge < -0.3 is 15.2 Å². The lowest BCUT2D eigenvalue weighted by Crippen LogP contribution is -2.37. The van der Waals surface area contributed by atoms with Crippen molar-refractivity contribution in [1.82, 2.24) is 5.32 Å². The van der Waals surface area contributed by atoms with Gasteiger partial charge in [-0.1, -0.05) is 25.5 Å². The summed E-state index contributed by atoms with van der Waals surface area (Å²) in [6.07, 6.45) is 3.74. The molecule has 0 saturated heterocycles. The van der Waals surface area contributed by atoms with Gasteiger partial charge in [0.25, 0.3) is 5.91 Å². The van der Waals surface area contributed by atoms with Gasteiger partial charge in [-0.25, -0.2) is 0 Å². The van der Waals surface area contributed by atoms with Crippen LogP contribution in [-0.2, 0) is 11.2 Å². The van der Waals surface area contributed by atoms with Gasteiger partial charge in [0, 0.05) is 6.54 Å². The molecule has 0 heterocycles. The molecule has 2 rings (SSSR count). The van der Waals surface area contributed by atoms with Gasteiger partial charge in [-0.05, 0) is 49.8 Å². The fraction of sp³-hybridized carbons (Fsp3) is 0.588. The fourth-order valence-electron chi connectivity index (χ4n) is 2.68. The van der Waals surface area contributed by atoms with Crippen LogP contribution < -0.4 is 10.1 Å². The lowest BCUT2D eigenvalue weighted by molar-refractivity contribution is -0.127. The minimum absolute atomic E-state index is 0.0857. The lowest BCUT2D eigenvalue weighted by atomic mass is 9.89. The van der Waals surface area contributed by atoms with E-state index in [1.807, 2.05) is 18.2 Å². The summed E-state index contributed by atoms with van der Waals surface area (Å²) < 4.78 is 5.83. The van der Waals surface area contributed by atoms with E-state index in [2.05, 4.69) is 12.2 Å². The van der Waals surface area contributed by atoms with Crippen molar-refractivity contribution in [3.63, 3.8) is 0 Å². The maximum absolute atomic E-state index is 12.0. The average Bonchev–Trinajstić information content (AvgIpc) is 2.48. The van der Waals surface area contributed by atoms with E-state index < -0.39 is 12.2 Å². The van der Waals surface area contributed by atoms with Crippen LogP contribution in [0.15, 0.2) is 18.2 Å². The Hall–Kier alpha value is -1.55. The van der Waals surface area contributed by atoms with E-state index in [0.29, 0.717) is 6.54 Å². The molecule has 0 saturated carbocycles. The number of nitrogens with one attached hydrogen (secondary N) is 1. The van der Waals surface area contributed by atoms with E-state index in [9.17, 15) is 9.90 Å². The molecule has 4 nitrogen and oxygen atoms in total. The number of aliphatic hydroxyl groups is 1. The topological polar surface area (TPSA) is 58.6 Å². The van der Waals surface area contributed by atoms with Gasteiger partial charge in [0.2, 0.25) is 0 Å². The van der Waals surface area contributed by atoms with Crippen molar-refractivity contribution in [2.45, 2.75) is 58.2 Å². The Labute approximate surface area is 126 Å². The zero-order valence-electron chi connectivity index (χ0n) is 12.9. The number of hydrogen-bond acceptors (Lipinski definition) is 3. The Balaban J connectivity index is 2.02. The molecule has 1 aromatic carbocycles. The monoisotopic (exact) mass is 291 g/mol. The van der Waals surface area contributed by atoms with E-state index >= 15 is 0 Å². The van der Waals surface area contributed by atoms with Crippen LogP contribution in [0, 0.1) is 0 Å². The molecule has 2 N–H and O–H groups in total. The van der Waals surface area contributed by atoms with E-state index in [1.165, 1.54) is 0 Å². The average molecular weight is 291 g/mol. The van der Waals surface area contributed by atoms with Crippen LogP contribution >= 0.6 is 0 Å². The summed E-state index contributed by atoms with van der Waals surface area (Å²) in [7, 11) is 0. The second-order valence-corrected chi connectivity index (χ2v) is 5.64. The molecular formula is C17H25NO3. The Morgan fingerprint density at radius 3 is 3.10 bits per heavy atom. The van der Waals surface area contributed by atoms with Gasteiger partial charge >= 0.3 is 0 Å². The van der Waals surface area contributed by atoms with Gasteiger partial charge in [0.15, 0.2) is 6.10 Å². The number of rotatable bonds is 6.